The number of allylic oxidation sites excluding steroid dienone is 1. The fourth-order valence-corrected chi connectivity index (χ4v) is 4.12. The van der Waals surface area contributed by atoms with E-state index in [1.54, 1.807) is 30.3 Å². The molecular weight excluding hydrogens is 440 g/mol. The van der Waals surface area contributed by atoms with Crippen LogP contribution in [0.25, 0.3) is 12.2 Å². The Morgan fingerprint density at radius 3 is 2.79 bits per heavy atom. The van der Waals surface area contributed by atoms with E-state index in [0.717, 1.165) is 16.7 Å². The molecule has 0 atom stereocenters. The van der Waals surface area contributed by atoms with Crippen molar-refractivity contribution in [3.05, 3.63) is 99.3 Å². The predicted octanol–water partition coefficient (Wildman–Crippen LogP) is 6.22. The second kappa shape index (κ2) is 9.14. The highest BCUT2D eigenvalue weighted by atomic mass is 35.5. The standard InChI is InChI=1S/C27H21ClO5/c1-17-23(31-11-5-8-18-6-3-2-4-7-18)10-9-22-25(29)24(33-26(17)22)14-19-12-21(28)13-20-15-30-16-32-27(19)20/h2-10,12-14H,11,15-16H2,1H3/b8-5+,24-14-. The highest BCUT2D eigenvalue weighted by Gasteiger charge is 2.31. The lowest BCUT2D eigenvalue weighted by Crippen LogP contribution is -2.12. The molecule has 0 radical (unpaired) electrons. The van der Waals surface area contributed by atoms with Crippen molar-refractivity contribution < 1.29 is 23.7 Å². The third-order valence-corrected chi connectivity index (χ3v) is 5.69. The number of carbonyl (C=O) groups is 1. The monoisotopic (exact) mass is 460 g/mol. The minimum Gasteiger partial charge on any atom is -0.489 e. The van der Waals surface area contributed by atoms with Crippen molar-refractivity contribution in [3.63, 3.8) is 0 Å². The van der Waals surface area contributed by atoms with Crippen LogP contribution >= 0.6 is 11.6 Å². The average molecular weight is 461 g/mol. The van der Waals surface area contributed by atoms with Crippen molar-refractivity contribution in [2.45, 2.75) is 13.5 Å². The molecule has 0 bridgehead atoms. The zero-order valence-corrected chi connectivity index (χ0v) is 18.7. The van der Waals surface area contributed by atoms with Crippen molar-refractivity contribution in [3.8, 4) is 17.2 Å². The number of ketones is 1. The lowest BCUT2D eigenvalue weighted by Gasteiger charge is -2.20. The molecule has 0 unspecified atom stereocenters. The molecule has 3 aromatic rings. The first kappa shape index (κ1) is 21.3. The molecule has 166 valence electrons. The Morgan fingerprint density at radius 2 is 1.94 bits per heavy atom. The van der Waals surface area contributed by atoms with Crippen LogP contribution in [0.5, 0.6) is 17.2 Å². The predicted molar refractivity (Wildman–Crippen MR) is 127 cm³/mol. The minimum atomic E-state index is -0.190. The molecule has 2 heterocycles. The molecule has 5 nitrogen and oxygen atoms in total. The zero-order chi connectivity index (χ0) is 22.8. The van der Waals surface area contributed by atoms with Crippen LogP contribution in [-0.4, -0.2) is 19.2 Å². The lowest BCUT2D eigenvalue weighted by atomic mass is 10.0. The highest BCUT2D eigenvalue weighted by molar-refractivity contribution is 6.31. The van der Waals surface area contributed by atoms with E-state index in [1.807, 2.05) is 49.4 Å². The summed E-state index contributed by atoms with van der Waals surface area (Å²) in [6.45, 7) is 2.84. The summed E-state index contributed by atoms with van der Waals surface area (Å²) in [5.41, 5.74) is 3.89. The van der Waals surface area contributed by atoms with Crippen LogP contribution in [0, 0.1) is 6.92 Å². The first-order valence-electron chi connectivity index (χ1n) is 10.6. The van der Waals surface area contributed by atoms with E-state index in [1.165, 1.54) is 0 Å². The molecule has 0 aliphatic carbocycles. The van der Waals surface area contributed by atoms with Crippen LogP contribution in [0.3, 0.4) is 0 Å². The Hall–Kier alpha value is -3.54. The van der Waals surface area contributed by atoms with Crippen LogP contribution in [0.4, 0.5) is 0 Å². The molecule has 3 aromatic carbocycles. The van der Waals surface area contributed by atoms with Gasteiger partial charge in [0.1, 0.15) is 23.9 Å². The molecule has 5 rings (SSSR count). The van der Waals surface area contributed by atoms with E-state index >= 15 is 0 Å². The quantitative estimate of drug-likeness (QED) is 0.423. The fourth-order valence-electron chi connectivity index (χ4n) is 3.87. The van der Waals surface area contributed by atoms with Crippen LogP contribution in [0.2, 0.25) is 5.02 Å². The second-order valence-electron chi connectivity index (χ2n) is 7.72. The summed E-state index contributed by atoms with van der Waals surface area (Å²) in [6, 6.07) is 17.1. The van der Waals surface area contributed by atoms with Crippen molar-refractivity contribution in [1.82, 2.24) is 0 Å². The summed E-state index contributed by atoms with van der Waals surface area (Å²) in [5, 5.41) is 0.535. The second-order valence-corrected chi connectivity index (χ2v) is 8.16. The number of hydrogen-bond acceptors (Lipinski definition) is 5. The Kier molecular flexibility index (Phi) is 5.90. The SMILES string of the molecule is Cc1c(OC/C=C/c2ccccc2)ccc2c1O/C(=C\c1cc(Cl)cc3c1OCOC3)C2=O. The molecular formula is C27H21ClO5. The number of benzene rings is 3. The van der Waals surface area contributed by atoms with E-state index in [-0.39, 0.29) is 18.3 Å². The lowest BCUT2D eigenvalue weighted by molar-refractivity contribution is -0.0165. The molecule has 0 amide bonds. The number of fused-ring (bicyclic) bond motifs is 2. The van der Waals surface area contributed by atoms with Crippen molar-refractivity contribution in [2.75, 3.05) is 13.4 Å². The Bertz CT molecular complexity index is 1280. The molecule has 0 N–H and O–H groups in total. The van der Waals surface area contributed by atoms with E-state index in [4.69, 9.17) is 30.5 Å². The average Bonchev–Trinajstić information content (AvgIpc) is 3.14. The van der Waals surface area contributed by atoms with Gasteiger partial charge in [-0.1, -0.05) is 48.0 Å². The maximum absolute atomic E-state index is 13.0. The first-order valence-corrected chi connectivity index (χ1v) is 10.9. The van der Waals surface area contributed by atoms with Gasteiger partial charge >= 0.3 is 0 Å². The molecule has 33 heavy (non-hydrogen) atoms. The zero-order valence-electron chi connectivity index (χ0n) is 18.0. The number of rotatable bonds is 5. The summed E-state index contributed by atoms with van der Waals surface area (Å²) in [4.78, 5) is 13.0. The van der Waals surface area contributed by atoms with Crippen LogP contribution in [0.1, 0.15) is 32.6 Å². The van der Waals surface area contributed by atoms with Gasteiger partial charge in [-0.25, -0.2) is 0 Å². The number of carbonyl (C=O) groups excluding carboxylic acids is 1. The molecule has 0 fully saturated rings. The maximum atomic E-state index is 13.0. The number of Topliss-reactive ketones (excluding diaryl/α,β-unsaturated/α-hetero) is 1. The maximum Gasteiger partial charge on any atom is 0.231 e. The number of halogens is 1. The van der Waals surface area contributed by atoms with E-state index < -0.39 is 0 Å². The Labute approximate surface area is 196 Å². The molecule has 0 saturated carbocycles. The van der Waals surface area contributed by atoms with Gasteiger partial charge in [-0.3, -0.25) is 4.79 Å². The smallest absolute Gasteiger partial charge is 0.231 e. The van der Waals surface area contributed by atoms with E-state index in [2.05, 4.69) is 0 Å². The number of hydrogen-bond donors (Lipinski definition) is 0. The topological polar surface area (TPSA) is 54.0 Å². The Morgan fingerprint density at radius 1 is 1.09 bits per heavy atom. The third-order valence-electron chi connectivity index (χ3n) is 5.47. The third kappa shape index (κ3) is 4.38. The largest absolute Gasteiger partial charge is 0.489 e. The fraction of sp³-hybridized carbons (Fsp3) is 0.148. The molecule has 2 aliphatic heterocycles. The van der Waals surface area contributed by atoms with Gasteiger partial charge in [-0.15, -0.1) is 0 Å². The molecule has 6 heteroatoms. The van der Waals surface area contributed by atoms with Crippen molar-refractivity contribution in [1.29, 1.82) is 0 Å². The first-order chi connectivity index (χ1) is 16.1. The summed E-state index contributed by atoms with van der Waals surface area (Å²) < 4.78 is 22.9. The highest BCUT2D eigenvalue weighted by Crippen LogP contribution is 2.40. The van der Waals surface area contributed by atoms with Gasteiger partial charge in [-0.05, 0) is 48.9 Å². The van der Waals surface area contributed by atoms with Gasteiger partial charge in [0.25, 0.3) is 0 Å². The molecule has 0 saturated heterocycles. The summed E-state index contributed by atoms with van der Waals surface area (Å²) in [7, 11) is 0. The molecule has 2 aliphatic rings. The van der Waals surface area contributed by atoms with Gasteiger partial charge in [0.2, 0.25) is 5.78 Å². The Balaban J connectivity index is 1.36. The minimum absolute atomic E-state index is 0.151. The van der Waals surface area contributed by atoms with Gasteiger partial charge in [0.05, 0.1) is 12.2 Å². The van der Waals surface area contributed by atoms with Gasteiger partial charge < -0.3 is 18.9 Å². The normalized spacial score (nSPS) is 15.8. The van der Waals surface area contributed by atoms with E-state index in [9.17, 15) is 4.79 Å². The molecule has 0 spiro atoms. The summed E-state index contributed by atoms with van der Waals surface area (Å²) in [5.74, 6) is 1.85. The summed E-state index contributed by atoms with van der Waals surface area (Å²) in [6.07, 6.45) is 5.62. The van der Waals surface area contributed by atoms with Gasteiger partial charge in [0, 0.05) is 21.7 Å². The van der Waals surface area contributed by atoms with Gasteiger partial charge in [-0.2, -0.15) is 0 Å². The molecule has 0 aromatic heterocycles. The van der Waals surface area contributed by atoms with Gasteiger partial charge in [0.15, 0.2) is 12.6 Å². The van der Waals surface area contributed by atoms with Crippen molar-refractivity contribution in [2.24, 2.45) is 0 Å². The van der Waals surface area contributed by atoms with Crippen LogP contribution < -0.4 is 14.2 Å². The van der Waals surface area contributed by atoms with Crippen molar-refractivity contribution >= 4 is 29.5 Å². The van der Waals surface area contributed by atoms with Crippen LogP contribution in [0.15, 0.2) is 66.4 Å². The summed E-state index contributed by atoms with van der Waals surface area (Å²) >= 11 is 6.25. The van der Waals surface area contributed by atoms with Crippen LogP contribution in [-0.2, 0) is 11.3 Å². The van der Waals surface area contributed by atoms with E-state index in [0.29, 0.717) is 46.6 Å². The number of ether oxygens (including phenoxy) is 4.